The van der Waals surface area contributed by atoms with Crippen molar-refractivity contribution in [3.05, 3.63) is 0 Å². The van der Waals surface area contributed by atoms with E-state index in [9.17, 15) is 4.79 Å². The number of nitrogens with zero attached hydrogens (tertiary/aromatic N) is 1. The largest absolute Gasteiger partial charge is 0.368 e. The van der Waals surface area contributed by atoms with Crippen LogP contribution in [0.15, 0.2) is 0 Å². The second-order valence-electron chi connectivity index (χ2n) is 6.89. The van der Waals surface area contributed by atoms with Crippen molar-refractivity contribution in [1.29, 1.82) is 0 Å². The number of hydrogen-bond acceptors (Lipinski definition) is 3. The van der Waals surface area contributed by atoms with Crippen LogP contribution in [0.4, 0.5) is 0 Å². The molecule has 1 saturated heterocycles. The van der Waals surface area contributed by atoms with E-state index in [1.807, 2.05) is 6.92 Å². The maximum Gasteiger partial charge on any atom is 0.237 e. The standard InChI is InChI=1S/C15H29N3O/c1-11-6-8-18(9-7-11)12(2)10-15(3,14(16)19)17-13-4-5-13/h11-13,17H,4-10H2,1-3H3,(H2,16,19). The zero-order valence-electron chi connectivity index (χ0n) is 12.6. The van der Waals surface area contributed by atoms with Gasteiger partial charge in [0.25, 0.3) is 0 Å². The number of piperidine rings is 1. The summed E-state index contributed by atoms with van der Waals surface area (Å²) in [6.07, 6.45) is 5.71. The number of amides is 1. The molecule has 0 radical (unpaired) electrons. The number of carbonyl (C=O) groups is 1. The number of likely N-dealkylation sites (tertiary alicyclic amines) is 1. The first-order valence-corrected chi connectivity index (χ1v) is 7.72. The summed E-state index contributed by atoms with van der Waals surface area (Å²) in [6, 6.07) is 0.919. The van der Waals surface area contributed by atoms with E-state index in [1.165, 1.54) is 25.7 Å². The van der Waals surface area contributed by atoms with Crippen LogP contribution in [-0.4, -0.2) is 41.5 Å². The molecular formula is C15H29N3O. The first kappa shape index (κ1) is 14.8. The van der Waals surface area contributed by atoms with Crippen molar-refractivity contribution in [2.75, 3.05) is 13.1 Å². The van der Waals surface area contributed by atoms with E-state index in [4.69, 9.17) is 5.73 Å². The van der Waals surface area contributed by atoms with Crippen LogP contribution < -0.4 is 11.1 Å². The van der Waals surface area contributed by atoms with Gasteiger partial charge in [0.1, 0.15) is 0 Å². The molecule has 19 heavy (non-hydrogen) atoms. The quantitative estimate of drug-likeness (QED) is 0.766. The number of hydrogen-bond donors (Lipinski definition) is 2. The van der Waals surface area contributed by atoms with E-state index < -0.39 is 5.54 Å². The lowest BCUT2D eigenvalue weighted by atomic mass is 9.90. The van der Waals surface area contributed by atoms with Crippen molar-refractivity contribution < 1.29 is 4.79 Å². The first-order valence-electron chi connectivity index (χ1n) is 7.72. The molecule has 0 bridgehead atoms. The van der Waals surface area contributed by atoms with Gasteiger partial charge < -0.3 is 16.0 Å². The molecule has 4 nitrogen and oxygen atoms in total. The number of primary amides is 1. The molecule has 110 valence electrons. The van der Waals surface area contributed by atoms with Crippen molar-refractivity contribution in [3.8, 4) is 0 Å². The molecule has 3 N–H and O–H groups in total. The van der Waals surface area contributed by atoms with E-state index in [2.05, 4.69) is 24.1 Å². The van der Waals surface area contributed by atoms with Gasteiger partial charge in [-0.15, -0.1) is 0 Å². The number of nitrogens with one attached hydrogen (secondary N) is 1. The van der Waals surface area contributed by atoms with Gasteiger partial charge in [-0.2, -0.15) is 0 Å². The summed E-state index contributed by atoms with van der Waals surface area (Å²) in [4.78, 5) is 14.3. The maximum absolute atomic E-state index is 11.8. The monoisotopic (exact) mass is 267 g/mol. The van der Waals surface area contributed by atoms with Crippen molar-refractivity contribution in [2.45, 2.75) is 70.5 Å². The predicted octanol–water partition coefficient (Wildman–Crippen LogP) is 1.49. The summed E-state index contributed by atoms with van der Waals surface area (Å²) >= 11 is 0. The zero-order chi connectivity index (χ0) is 14.0. The fourth-order valence-corrected chi connectivity index (χ4v) is 3.10. The molecule has 4 heteroatoms. The molecule has 1 amide bonds. The van der Waals surface area contributed by atoms with Gasteiger partial charge in [-0.25, -0.2) is 0 Å². The first-order chi connectivity index (χ1) is 8.90. The van der Waals surface area contributed by atoms with E-state index in [0.29, 0.717) is 12.1 Å². The minimum Gasteiger partial charge on any atom is -0.368 e. The second kappa shape index (κ2) is 5.80. The fourth-order valence-electron chi connectivity index (χ4n) is 3.10. The van der Waals surface area contributed by atoms with Crippen LogP contribution in [-0.2, 0) is 4.79 Å². The predicted molar refractivity (Wildman–Crippen MR) is 77.8 cm³/mol. The molecule has 2 aliphatic rings. The van der Waals surface area contributed by atoms with Gasteiger partial charge in [-0.1, -0.05) is 6.92 Å². The average molecular weight is 267 g/mol. The highest BCUT2D eigenvalue weighted by Crippen LogP contribution is 2.27. The smallest absolute Gasteiger partial charge is 0.237 e. The summed E-state index contributed by atoms with van der Waals surface area (Å²) in [5.41, 5.74) is 5.08. The molecular weight excluding hydrogens is 238 g/mol. The van der Waals surface area contributed by atoms with Gasteiger partial charge in [0.05, 0.1) is 5.54 Å². The van der Waals surface area contributed by atoms with Crippen LogP contribution >= 0.6 is 0 Å². The molecule has 0 aromatic heterocycles. The van der Waals surface area contributed by atoms with Crippen LogP contribution in [0.25, 0.3) is 0 Å². The SMILES string of the molecule is CC1CCN(C(C)CC(C)(NC2CC2)C(N)=O)CC1. The Morgan fingerprint density at radius 1 is 1.37 bits per heavy atom. The minimum atomic E-state index is -0.552. The molecule has 1 aliphatic heterocycles. The lowest BCUT2D eigenvalue weighted by Gasteiger charge is -2.39. The third kappa shape index (κ3) is 3.93. The number of rotatable bonds is 6. The maximum atomic E-state index is 11.8. The summed E-state index contributed by atoms with van der Waals surface area (Å²) < 4.78 is 0. The molecule has 1 saturated carbocycles. The molecule has 1 heterocycles. The van der Waals surface area contributed by atoms with Crippen molar-refractivity contribution in [3.63, 3.8) is 0 Å². The van der Waals surface area contributed by atoms with Gasteiger partial charge in [0.15, 0.2) is 0 Å². The summed E-state index contributed by atoms with van der Waals surface area (Å²) in [6.45, 7) is 8.83. The Morgan fingerprint density at radius 3 is 2.42 bits per heavy atom. The highest BCUT2D eigenvalue weighted by Gasteiger charge is 2.39. The van der Waals surface area contributed by atoms with Gasteiger partial charge in [-0.05, 0) is 65.0 Å². The Balaban J connectivity index is 1.90. The van der Waals surface area contributed by atoms with E-state index in [1.54, 1.807) is 0 Å². The number of nitrogens with two attached hydrogens (primary N) is 1. The van der Waals surface area contributed by atoms with Crippen LogP contribution in [0, 0.1) is 5.92 Å². The van der Waals surface area contributed by atoms with Crippen molar-refractivity contribution in [2.24, 2.45) is 11.7 Å². The molecule has 0 aromatic carbocycles. The Hall–Kier alpha value is -0.610. The van der Waals surface area contributed by atoms with Gasteiger partial charge >= 0.3 is 0 Å². The average Bonchev–Trinajstić information content (AvgIpc) is 3.13. The zero-order valence-corrected chi connectivity index (χ0v) is 12.6. The van der Waals surface area contributed by atoms with Crippen molar-refractivity contribution in [1.82, 2.24) is 10.2 Å². The highest BCUT2D eigenvalue weighted by molar-refractivity contribution is 5.84. The van der Waals surface area contributed by atoms with Crippen LogP contribution in [0.3, 0.4) is 0 Å². The van der Waals surface area contributed by atoms with Gasteiger partial charge in [0.2, 0.25) is 5.91 Å². The lowest BCUT2D eigenvalue weighted by molar-refractivity contribution is -0.124. The molecule has 0 spiro atoms. The van der Waals surface area contributed by atoms with Crippen LogP contribution in [0.5, 0.6) is 0 Å². The third-order valence-electron chi connectivity index (χ3n) is 4.79. The minimum absolute atomic E-state index is 0.211. The fraction of sp³-hybridized carbons (Fsp3) is 0.933. The van der Waals surface area contributed by atoms with Crippen molar-refractivity contribution >= 4 is 5.91 Å². The van der Waals surface area contributed by atoms with E-state index in [-0.39, 0.29) is 5.91 Å². The van der Waals surface area contributed by atoms with Crippen LogP contribution in [0.2, 0.25) is 0 Å². The Morgan fingerprint density at radius 2 is 1.95 bits per heavy atom. The topological polar surface area (TPSA) is 58.4 Å². The molecule has 2 fully saturated rings. The van der Waals surface area contributed by atoms with Gasteiger partial charge in [0, 0.05) is 12.1 Å². The molecule has 1 aliphatic carbocycles. The summed E-state index contributed by atoms with van der Waals surface area (Å²) in [7, 11) is 0. The van der Waals surface area contributed by atoms with E-state index in [0.717, 1.165) is 25.4 Å². The lowest BCUT2D eigenvalue weighted by Crippen LogP contribution is -2.57. The molecule has 2 atom stereocenters. The molecule has 2 rings (SSSR count). The molecule has 2 unspecified atom stereocenters. The highest BCUT2D eigenvalue weighted by atomic mass is 16.1. The summed E-state index contributed by atoms with van der Waals surface area (Å²) in [5.74, 6) is 0.632. The summed E-state index contributed by atoms with van der Waals surface area (Å²) in [5, 5.41) is 3.44. The second-order valence-corrected chi connectivity index (χ2v) is 6.89. The normalized spacial score (nSPS) is 26.9. The third-order valence-corrected chi connectivity index (χ3v) is 4.79. The molecule has 0 aromatic rings. The Labute approximate surface area is 117 Å². The number of carbonyl (C=O) groups excluding carboxylic acids is 1. The van der Waals surface area contributed by atoms with E-state index >= 15 is 0 Å². The van der Waals surface area contributed by atoms with Gasteiger partial charge in [-0.3, -0.25) is 4.79 Å². The van der Waals surface area contributed by atoms with Crippen LogP contribution in [0.1, 0.15) is 52.9 Å². The Kier molecular flexibility index (Phi) is 4.51. The Bertz CT molecular complexity index is 321.